The minimum absolute atomic E-state index is 0.00141. The van der Waals surface area contributed by atoms with Crippen LogP contribution in [0.2, 0.25) is 15.1 Å². The normalized spacial score (nSPS) is 11.0. The molecule has 0 radical (unpaired) electrons. The molecule has 0 saturated carbocycles. The molecule has 118 valence electrons. The molecule has 1 amide bonds. The van der Waals surface area contributed by atoms with Crippen molar-refractivity contribution in [1.82, 2.24) is 9.38 Å². The van der Waals surface area contributed by atoms with Gasteiger partial charge in [0.1, 0.15) is 11.5 Å². The second kappa shape index (κ2) is 6.35. The molecule has 1 aromatic carbocycles. The van der Waals surface area contributed by atoms with Gasteiger partial charge in [-0.05, 0) is 24.3 Å². The predicted molar refractivity (Wildman–Crippen MR) is 89.0 cm³/mol. The first-order valence-corrected chi connectivity index (χ1v) is 7.63. The highest BCUT2D eigenvalue weighted by Gasteiger charge is 2.13. The van der Waals surface area contributed by atoms with Gasteiger partial charge in [-0.15, -0.1) is 0 Å². The Bertz CT molecular complexity index is 887. The van der Waals surface area contributed by atoms with Crippen LogP contribution in [0.15, 0.2) is 36.7 Å². The van der Waals surface area contributed by atoms with Gasteiger partial charge in [-0.1, -0.05) is 34.8 Å². The van der Waals surface area contributed by atoms with Gasteiger partial charge in [0.15, 0.2) is 0 Å². The molecule has 0 saturated heterocycles. The van der Waals surface area contributed by atoms with E-state index in [1.54, 1.807) is 6.20 Å². The van der Waals surface area contributed by atoms with Crippen molar-refractivity contribution in [2.45, 2.75) is 6.42 Å². The lowest BCUT2D eigenvalue weighted by Gasteiger charge is -2.09. The van der Waals surface area contributed by atoms with Crippen molar-refractivity contribution in [3.05, 3.63) is 63.2 Å². The van der Waals surface area contributed by atoms with E-state index < -0.39 is 0 Å². The summed E-state index contributed by atoms with van der Waals surface area (Å²) in [6.45, 7) is 0. The summed E-state index contributed by atoms with van der Waals surface area (Å²) in [5.74, 6) is -0.731. The number of benzene rings is 1. The van der Waals surface area contributed by atoms with Crippen LogP contribution in [-0.2, 0) is 11.2 Å². The Hall–Kier alpha value is -1.82. The summed E-state index contributed by atoms with van der Waals surface area (Å²) in [6, 6.07) is 5.81. The van der Waals surface area contributed by atoms with Crippen LogP contribution in [0.1, 0.15) is 5.69 Å². The van der Waals surface area contributed by atoms with Gasteiger partial charge in [-0.2, -0.15) is 0 Å². The lowest BCUT2D eigenvalue weighted by atomic mass is 10.2. The molecule has 3 rings (SSSR count). The first kappa shape index (κ1) is 16.1. The summed E-state index contributed by atoms with van der Waals surface area (Å²) < 4.78 is 14.7. The fourth-order valence-corrected chi connectivity index (χ4v) is 3.02. The van der Waals surface area contributed by atoms with E-state index in [-0.39, 0.29) is 33.9 Å². The molecular weight excluding hydrogens is 364 g/mol. The van der Waals surface area contributed by atoms with E-state index in [0.717, 1.165) is 0 Å². The quantitative estimate of drug-likeness (QED) is 0.729. The monoisotopic (exact) mass is 371 g/mol. The molecule has 0 bridgehead atoms. The molecule has 2 heterocycles. The Morgan fingerprint density at radius 2 is 1.87 bits per heavy atom. The standard InChI is InChI=1S/C15H9Cl3FN3O/c16-8-3-11(17)15(12(18)4-8)21-14(23)5-10-7-22-6-9(19)1-2-13(22)20-10/h1-4,6-7H,5H2,(H,21,23). The minimum atomic E-state index is -0.384. The maximum atomic E-state index is 13.1. The van der Waals surface area contributed by atoms with Crippen LogP contribution < -0.4 is 5.32 Å². The topological polar surface area (TPSA) is 46.4 Å². The highest BCUT2D eigenvalue weighted by Crippen LogP contribution is 2.33. The molecule has 0 aliphatic heterocycles. The summed E-state index contributed by atoms with van der Waals surface area (Å²) in [5.41, 5.74) is 1.34. The third kappa shape index (κ3) is 3.58. The van der Waals surface area contributed by atoms with E-state index in [9.17, 15) is 9.18 Å². The third-order valence-corrected chi connectivity index (χ3v) is 3.89. The lowest BCUT2D eigenvalue weighted by molar-refractivity contribution is -0.115. The number of fused-ring (bicyclic) bond motifs is 1. The zero-order chi connectivity index (χ0) is 16.6. The largest absolute Gasteiger partial charge is 0.323 e. The zero-order valence-corrected chi connectivity index (χ0v) is 13.8. The number of anilines is 1. The third-order valence-electron chi connectivity index (χ3n) is 3.08. The number of nitrogens with one attached hydrogen (secondary N) is 1. The van der Waals surface area contributed by atoms with Crippen LogP contribution in [0, 0.1) is 5.82 Å². The lowest BCUT2D eigenvalue weighted by Crippen LogP contribution is -2.15. The van der Waals surface area contributed by atoms with Crippen LogP contribution >= 0.6 is 34.8 Å². The fourth-order valence-electron chi connectivity index (χ4n) is 2.11. The Morgan fingerprint density at radius 1 is 1.17 bits per heavy atom. The van der Waals surface area contributed by atoms with E-state index in [1.165, 1.54) is 34.9 Å². The summed E-state index contributed by atoms with van der Waals surface area (Å²) in [4.78, 5) is 16.4. The zero-order valence-electron chi connectivity index (χ0n) is 11.5. The van der Waals surface area contributed by atoms with Crippen LogP contribution in [0.3, 0.4) is 0 Å². The molecule has 4 nitrogen and oxygen atoms in total. The molecule has 0 aliphatic carbocycles. The molecule has 0 fully saturated rings. The number of imidazole rings is 1. The van der Waals surface area contributed by atoms with Crippen molar-refractivity contribution in [2.75, 3.05) is 5.32 Å². The molecule has 23 heavy (non-hydrogen) atoms. The maximum Gasteiger partial charge on any atom is 0.230 e. The Balaban J connectivity index is 1.78. The molecule has 3 aromatic rings. The van der Waals surface area contributed by atoms with Crippen LogP contribution in [-0.4, -0.2) is 15.3 Å². The van der Waals surface area contributed by atoms with Crippen molar-refractivity contribution >= 4 is 52.0 Å². The van der Waals surface area contributed by atoms with Gasteiger partial charge in [-0.3, -0.25) is 4.79 Å². The molecule has 0 unspecified atom stereocenters. The summed E-state index contributed by atoms with van der Waals surface area (Å²) in [6.07, 6.45) is 2.87. The summed E-state index contributed by atoms with van der Waals surface area (Å²) in [7, 11) is 0. The second-order valence-electron chi connectivity index (χ2n) is 4.81. The van der Waals surface area contributed by atoms with Gasteiger partial charge in [0.25, 0.3) is 0 Å². The average molecular weight is 373 g/mol. The molecule has 0 aliphatic rings. The van der Waals surface area contributed by atoms with E-state index in [0.29, 0.717) is 16.4 Å². The molecule has 2 aromatic heterocycles. The number of hydrogen-bond acceptors (Lipinski definition) is 2. The number of nitrogens with zero attached hydrogens (tertiary/aromatic N) is 2. The number of aromatic nitrogens is 2. The van der Waals surface area contributed by atoms with Crippen molar-refractivity contribution in [3.8, 4) is 0 Å². The van der Waals surface area contributed by atoms with Gasteiger partial charge in [0.2, 0.25) is 5.91 Å². The number of carbonyl (C=O) groups is 1. The van der Waals surface area contributed by atoms with Crippen LogP contribution in [0.4, 0.5) is 10.1 Å². The minimum Gasteiger partial charge on any atom is -0.323 e. The summed E-state index contributed by atoms with van der Waals surface area (Å²) in [5, 5.41) is 3.49. The smallest absolute Gasteiger partial charge is 0.230 e. The maximum absolute atomic E-state index is 13.1. The van der Waals surface area contributed by atoms with Gasteiger partial charge in [0, 0.05) is 17.4 Å². The van der Waals surface area contributed by atoms with Crippen molar-refractivity contribution in [1.29, 1.82) is 0 Å². The van der Waals surface area contributed by atoms with Crippen molar-refractivity contribution < 1.29 is 9.18 Å². The number of halogens is 4. The van der Waals surface area contributed by atoms with Gasteiger partial charge < -0.3 is 9.72 Å². The van der Waals surface area contributed by atoms with E-state index in [4.69, 9.17) is 34.8 Å². The Kier molecular flexibility index (Phi) is 4.43. The number of hydrogen-bond donors (Lipinski definition) is 1. The van der Waals surface area contributed by atoms with E-state index in [2.05, 4.69) is 10.3 Å². The Morgan fingerprint density at radius 3 is 2.57 bits per heavy atom. The van der Waals surface area contributed by atoms with Crippen LogP contribution in [0.25, 0.3) is 5.65 Å². The molecule has 1 N–H and O–H groups in total. The SMILES string of the molecule is O=C(Cc1cn2cc(F)ccc2n1)Nc1c(Cl)cc(Cl)cc1Cl. The molecule has 0 spiro atoms. The highest BCUT2D eigenvalue weighted by atomic mass is 35.5. The Labute approximate surface area is 145 Å². The second-order valence-corrected chi connectivity index (χ2v) is 6.07. The van der Waals surface area contributed by atoms with Crippen LogP contribution in [0.5, 0.6) is 0 Å². The predicted octanol–water partition coefficient (Wildman–Crippen LogP) is 4.61. The average Bonchev–Trinajstić information content (AvgIpc) is 2.84. The van der Waals surface area contributed by atoms with Crippen molar-refractivity contribution in [3.63, 3.8) is 0 Å². The number of rotatable bonds is 3. The molecule has 0 atom stereocenters. The van der Waals surface area contributed by atoms with Gasteiger partial charge in [0.05, 0.1) is 27.8 Å². The van der Waals surface area contributed by atoms with E-state index >= 15 is 0 Å². The highest BCUT2D eigenvalue weighted by molar-refractivity contribution is 6.42. The number of pyridine rings is 1. The molecular formula is C15H9Cl3FN3O. The molecule has 8 heteroatoms. The number of carbonyl (C=O) groups excluding carboxylic acids is 1. The van der Waals surface area contributed by atoms with Crippen molar-refractivity contribution in [2.24, 2.45) is 0 Å². The van der Waals surface area contributed by atoms with Gasteiger partial charge >= 0.3 is 0 Å². The first-order chi connectivity index (χ1) is 10.9. The van der Waals surface area contributed by atoms with Gasteiger partial charge in [-0.25, -0.2) is 9.37 Å². The fraction of sp³-hybridized carbons (Fsp3) is 0.0667. The summed E-state index contributed by atoms with van der Waals surface area (Å²) >= 11 is 17.9. The number of amides is 1. The first-order valence-electron chi connectivity index (χ1n) is 6.50. The van der Waals surface area contributed by atoms with E-state index in [1.807, 2.05) is 0 Å².